The maximum absolute atomic E-state index is 12.3. The van der Waals surface area contributed by atoms with Gasteiger partial charge in [-0.25, -0.2) is 0 Å². The summed E-state index contributed by atoms with van der Waals surface area (Å²) in [6.45, 7) is 3.56. The maximum atomic E-state index is 12.3. The predicted molar refractivity (Wildman–Crippen MR) is 68.3 cm³/mol. The second-order valence-corrected chi connectivity index (χ2v) is 5.77. The molecule has 0 aromatic heterocycles. The van der Waals surface area contributed by atoms with Gasteiger partial charge in [-0.1, -0.05) is 30.3 Å². The second-order valence-electron chi connectivity index (χ2n) is 3.64. The van der Waals surface area contributed by atoms with Crippen LogP contribution < -0.4 is 0 Å². The van der Waals surface area contributed by atoms with Crippen molar-refractivity contribution in [3.8, 4) is 0 Å². The van der Waals surface area contributed by atoms with Crippen LogP contribution in [0.3, 0.4) is 0 Å². The third kappa shape index (κ3) is 3.64. The lowest BCUT2D eigenvalue weighted by Gasteiger charge is -2.25. The fourth-order valence-electron chi connectivity index (χ4n) is 1.55. The number of aliphatic hydroxyl groups is 2. The molecule has 1 aromatic carbocycles. The van der Waals surface area contributed by atoms with E-state index < -0.39 is 19.5 Å². The van der Waals surface area contributed by atoms with Gasteiger partial charge in [0.15, 0.2) is 5.85 Å². The Morgan fingerprint density at radius 1 is 1.11 bits per heavy atom. The number of hydrogen-bond acceptors (Lipinski definition) is 5. The van der Waals surface area contributed by atoms with Crippen molar-refractivity contribution in [3.63, 3.8) is 0 Å². The zero-order valence-electron chi connectivity index (χ0n) is 10.5. The van der Waals surface area contributed by atoms with E-state index in [-0.39, 0.29) is 13.2 Å². The predicted octanol–water partition coefficient (Wildman–Crippen LogP) is 2.30. The van der Waals surface area contributed by atoms with Crippen LogP contribution in [0.2, 0.25) is 0 Å². The average molecular weight is 274 g/mol. The van der Waals surface area contributed by atoms with Gasteiger partial charge < -0.3 is 19.3 Å². The van der Waals surface area contributed by atoms with Gasteiger partial charge in [-0.15, -0.1) is 0 Å². The molecule has 6 heteroatoms. The topological polar surface area (TPSA) is 76.0 Å². The lowest BCUT2D eigenvalue weighted by Crippen LogP contribution is -2.21. The van der Waals surface area contributed by atoms with E-state index in [9.17, 15) is 14.8 Å². The van der Waals surface area contributed by atoms with E-state index in [0.29, 0.717) is 5.56 Å². The Bertz CT molecular complexity index is 385. The van der Waals surface area contributed by atoms with E-state index in [4.69, 9.17) is 9.05 Å². The van der Waals surface area contributed by atoms with Crippen LogP contribution in [0.5, 0.6) is 0 Å². The van der Waals surface area contributed by atoms with Gasteiger partial charge in [0.05, 0.1) is 13.2 Å². The monoisotopic (exact) mass is 274 g/mol. The summed E-state index contributed by atoms with van der Waals surface area (Å²) < 4.78 is 22.3. The number of hydrogen-bond donors (Lipinski definition) is 2. The van der Waals surface area contributed by atoms with Crippen molar-refractivity contribution in [2.24, 2.45) is 0 Å². The van der Waals surface area contributed by atoms with Crippen molar-refractivity contribution in [1.29, 1.82) is 0 Å². The van der Waals surface area contributed by atoms with Gasteiger partial charge in [0.1, 0.15) is 6.10 Å². The molecule has 0 radical (unpaired) electrons. The van der Waals surface area contributed by atoms with E-state index in [1.165, 1.54) is 0 Å². The van der Waals surface area contributed by atoms with Crippen LogP contribution in [0.25, 0.3) is 0 Å². The van der Waals surface area contributed by atoms with Crippen LogP contribution in [0.4, 0.5) is 0 Å². The third-order valence-electron chi connectivity index (χ3n) is 2.37. The maximum Gasteiger partial charge on any atom is 0.361 e. The quantitative estimate of drug-likeness (QED) is 0.746. The second kappa shape index (κ2) is 7.02. The fraction of sp³-hybridized carbons (Fsp3) is 0.500. The van der Waals surface area contributed by atoms with E-state index in [1.54, 1.807) is 44.2 Å². The van der Waals surface area contributed by atoms with Gasteiger partial charge >= 0.3 is 7.60 Å². The first-order valence-corrected chi connectivity index (χ1v) is 7.46. The Labute approximate surface area is 107 Å². The highest BCUT2D eigenvalue weighted by atomic mass is 31.2. The normalized spacial score (nSPS) is 15.3. The van der Waals surface area contributed by atoms with Gasteiger partial charge in [-0.05, 0) is 19.4 Å². The molecule has 1 rings (SSSR count). The lowest BCUT2D eigenvalue weighted by atomic mass is 10.1. The van der Waals surface area contributed by atoms with E-state index in [0.717, 1.165) is 0 Å². The molecular formula is C12H19O5P. The molecule has 0 fully saturated rings. The summed E-state index contributed by atoms with van der Waals surface area (Å²) in [4.78, 5) is 0. The van der Waals surface area contributed by atoms with Gasteiger partial charge in [0, 0.05) is 0 Å². The van der Waals surface area contributed by atoms with E-state index in [1.807, 2.05) is 0 Å². The smallest absolute Gasteiger partial charge is 0.361 e. The molecule has 0 spiro atoms. The van der Waals surface area contributed by atoms with Gasteiger partial charge in [-0.2, -0.15) is 0 Å². The zero-order valence-corrected chi connectivity index (χ0v) is 11.4. The van der Waals surface area contributed by atoms with Crippen LogP contribution in [0.15, 0.2) is 30.3 Å². The van der Waals surface area contributed by atoms with Crippen molar-refractivity contribution in [2.75, 3.05) is 13.2 Å². The summed E-state index contributed by atoms with van der Waals surface area (Å²) >= 11 is 0. The molecule has 18 heavy (non-hydrogen) atoms. The first-order valence-electron chi connectivity index (χ1n) is 5.85. The summed E-state index contributed by atoms with van der Waals surface area (Å²) in [7, 11) is -3.73. The third-order valence-corrected chi connectivity index (χ3v) is 4.53. The summed E-state index contributed by atoms with van der Waals surface area (Å²) in [6.07, 6.45) is -1.31. The molecule has 5 nitrogen and oxygen atoms in total. The fourth-order valence-corrected chi connectivity index (χ4v) is 3.16. The Balaban J connectivity index is 2.89. The molecule has 1 aromatic rings. The molecule has 2 atom stereocenters. The Hall–Kier alpha value is -0.710. The lowest BCUT2D eigenvalue weighted by molar-refractivity contribution is 0.0401. The number of aliphatic hydroxyl groups excluding tert-OH is 2. The molecule has 0 aliphatic rings. The highest BCUT2D eigenvalue weighted by molar-refractivity contribution is 7.54. The number of benzene rings is 1. The summed E-state index contributed by atoms with van der Waals surface area (Å²) in [6, 6.07) is 8.49. The van der Waals surface area contributed by atoms with Gasteiger partial charge in [0.2, 0.25) is 0 Å². The number of rotatable bonds is 7. The summed E-state index contributed by atoms with van der Waals surface area (Å²) in [5, 5.41) is 20.0. The van der Waals surface area contributed by atoms with Gasteiger partial charge in [-0.3, -0.25) is 4.57 Å². The van der Waals surface area contributed by atoms with Crippen molar-refractivity contribution in [2.45, 2.75) is 25.8 Å². The Kier molecular flexibility index (Phi) is 5.99. The minimum absolute atomic E-state index is 0.135. The molecule has 0 aliphatic carbocycles. The largest absolute Gasteiger partial charge is 0.385 e. The molecule has 0 bridgehead atoms. The molecule has 0 unspecified atom stereocenters. The van der Waals surface area contributed by atoms with Crippen LogP contribution >= 0.6 is 7.60 Å². The van der Waals surface area contributed by atoms with Crippen LogP contribution in [0, 0.1) is 0 Å². The highest BCUT2D eigenvalue weighted by Crippen LogP contribution is 2.55. The molecule has 0 saturated heterocycles. The molecule has 0 amide bonds. The van der Waals surface area contributed by atoms with Crippen molar-refractivity contribution >= 4 is 7.60 Å². The molecule has 102 valence electrons. The van der Waals surface area contributed by atoms with E-state index in [2.05, 4.69) is 0 Å². The molecule has 0 heterocycles. The van der Waals surface area contributed by atoms with Crippen molar-refractivity contribution < 1.29 is 23.8 Å². The average Bonchev–Trinajstić information content (AvgIpc) is 2.38. The summed E-state index contributed by atoms with van der Waals surface area (Å²) in [5.41, 5.74) is 0.463. The minimum Gasteiger partial charge on any atom is -0.385 e. The van der Waals surface area contributed by atoms with Crippen molar-refractivity contribution in [1.82, 2.24) is 0 Å². The van der Waals surface area contributed by atoms with Gasteiger partial charge in [0.25, 0.3) is 0 Å². The molecular weight excluding hydrogens is 255 g/mol. The highest BCUT2D eigenvalue weighted by Gasteiger charge is 2.39. The first-order chi connectivity index (χ1) is 8.55. The summed E-state index contributed by atoms with van der Waals surface area (Å²) in [5.74, 6) is -1.60. The van der Waals surface area contributed by atoms with Crippen LogP contribution in [-0.2, 0) is 13.6 Å². The SMILES string of the molecule is CCOP(=O)(OCC)[C@@H](O)[C@@H](O)c1ccccc1. The molecule has 0 saturated carbocycles. The Morgan fingerprint density at radius 3 is 2.06 bits per heavy atom. The zero-order chi connectivity index (χ0) is 13.6. The van der Waals surface area contributed by atoms with Crippen LogP contribution in [-0.4, -0.2) is 29.3 Å². The molecule has 0 aliphatic heterocycles. The standard InChI is InChI=1S/C12H19O5P/c1-3-16-18(15,17-4-2)12(14)11(13)10-8-6-5-7-9-10/h5-9,11-14H,3-4H2,1-2H3/t11-,12+/m0/s1. The molecule has 2 N–H and O–H groups in total. The Morgan fingerprint density at radius 2 is 1.61 bits per heavy atom. The minimum atomic E-state index is -3.73. The van der Waals surface area contributed by atoms with Crippen LogP contribution in [0.1, 0.15) is 25.5 Å². The first kappa shape index (κ1) is 15.3. The van der Waals surface area contributed by atoms with Crippen molar-refractivity contribution in [3.05, 3.63) is 35.9 Å². The van der Waals surface area contributed by atoms with E-state index >= 15 is 0 Å².